The standard InChI is InChI=1S/C17H24O4/c1-5-9-13-11-17(15(18)20-7-3,16(19)21-8-4)12-14(13)10-6-2/h5-6,9,14H,1-2,7-8,10-12H2,3-4H3/b13-9+. The molecule has 21 heavy (non-hydrogen) atoms. The lowest BCUT2D eigenvalue weighted by molar-refractivity contribution is -0.171. The average molecular weight is 292 g/mol. The van der Waals surface area contributed by atoms with Gasteiger partial charge in [-0.2, -0.15) is 0 Å². The van der Waals surface area contributed by atoms with Crippen LogP contribution in [0, 0.1) is 11.3 Å². The summed E-state index contributed by atoms with van der Waals surface area (Å²) < 4.78 is 10.3. The normalized spacial score (nSPS) is 21.8. The number of esters is 2. The molecule has 1 atom stereocenters. The summed E-state index contributed by atoms with van der Waals surface area (Å²) in [5, 5.41) is 0. The van der Waals surface area contributed by atoms with E-state index in [1.54, 1.807) is 26.0 Å². The molecule has 1 aliphatic rings. The molecule has 0 bridgehead atoms. The first-order valence-corrected chi connectivity index (χ1v) is 7.32. The van der Waals surface area contributed by atoms with Crippen LogP contribution in [0.5, 0.6) is 0 Å². The van der Waals surface area contributed by atoms with E-state index in [1.807, 2.05) is 6.08 Å². The largest absolute Gasteiger partial charge is 0.465 e. The topological polar surface area (TPSA) is 52.6 Å². The van der Waals surface area contributed by atoms with Crippen molar-refractivity contribution in [1.29, 1.82) is 0 Å². The Morgan fingerprint density at radius 2 is 1.81 bits per heavy atom. The molecular weight excluding hydrogens is 268 g/mol. The molecule has 0 aliphatic heterocycles. The van der Waals surface area contributed by atoms with Gasteiger partial charge in [-0.25, -0.2) is 0 Å². The van der Waals surface area contributed by atoms with Crippen LogP contribution in [0.1, 0.15) is 33.1 Å². The second kappa shape index (κ2) is 7.81. The van der Waals surface area contributed by atoms with E-state index in [2.05, 4.69) is 13.2 Å². The first-order valence-electron chi connectivity index (χ1n) is 7.32. The zero-order chi connectivity index (χ0) is 15.9. The maximum Gasteiger partial charge on any atom is 0.323 e. The Morgan fingerprint density at radius 1 is 1.24 bits per heavy atom. The Kier molecular flexibility index (Phi) is 6.40. The van der Waals surface area contributed by atoms with Gasteiger partial charge in [0.1, 0.15) is 0 Å². The van der Waals surface area contributed by atoms with Crippen LogP contribution in [0.4, 0.5) is 0 Å². The van der Waals surface area contributed by atoms with Crippen LogP contribution in [-0.4, -0.2) is 25.2 Å². The Hall–Kier alpha value is -1.84. The molecule has 0 aromatic carbocycles. The van der Waals surface area contributed by atoms with Crippen molar-refractivity contribution in [2.24, 2.45) is 11.3 Å². The summed E-state index contributed by atoms with van der Waals surface area (Å²) in [6.07, 6.45) is 6.78. The Bertz CT molecular complexity index is 430. The minimum Gasteiger partial charge on any atom is -0.465 e. The number of rotatable bonds is 7. The van der Waals surface area contributed by atoms with Gasteiger partial charge in [0.25, 0.3) is 0 Å². The van der Waals surface area contributed by atoms with Gasteiger partial charge in [-0.05, 0) is 39.0 Å². The van der Waals surface area contributed by atoms with Gasteiger partial charge in [-0.3, -0.25) is 9.59 Å². The van der Waals surface area contributed by atoms with Gasteiger partial charge in [0.05, 0.1) is 13.2 Å². The maximum atomic E-state index is 12.4. The van der Waals surface area contributed by atoms with Crippen molar-refractivity contribution in [2.75, 3.05) is 13.2 Å². The minimum absolute atomic E-state index is 0.0920. The van der Waals surface area contributed by atoms with Gasteiger partial charge < -0.3 is 9.47 Å². The molecule has 4 nitrogen and oxygen atoms in total. The molecular formula is C17H24O4. The highest BCUT2D eigenvalue weighted by Crippen LogP contribution is 2.48. The number of ether oxygens (including phenoxy) is 2. The lowest BCUT2D eigenvalue weighted by Gasteiger charge is -2.24. The van der Waals surface area contributed by atoms with Crippen molar-refractivity contribution in [2.45, 2.75) is 33.1 Å². The highest BCUT2D eigenvalue weighted by atomic mass is 16.6. The van der Waals surface area contributed by atoms with Crippen molar-refractivity contribution in [3.63, 3.8) is 0 Å². The Labute approximate surface area is 126 Å². The predicted molar refractivity (Wildman–Crippen MR) is 81.5 cm³/mol. The molecule has 0 amide bonds. The summed E-state index contributed by atoms with van der Waals surface area (Å²) in [7, 11) is 0. The van der Waals surface area contributed by atoms with Crippen LogP contribution < -0.4 is 0 Å². The third kappa shape index (κ3) is 3.63. The van der Waals surface area contributed by atoms with Crippen LogP contribution in [0.2, 0.25) is 0 Å². The van der Waals surface area contributed by atoms with E-state index in [0.717, 1.165) is 5.57 Å². The lowest BCUT2D eigenvalue weighted by atomic mass is 9.84. The second-order valence-electron chi connectivity index (χ2n) is 5.10. The Balaban J connectivity index is 3.17. The molecule has 1 unspecified atom stereocenters. The molecule has 116 valence electrons. The van der Waals surface area contributed by atoms with E-state index in [1.165, 1.54) is 0 Å². The SMILES string of the molecule is C=C/C=C1\CC(C(=O)OCC)(C(=O)OCC)CC1CC=C. The zero-order valence-electron chi connectivity index (χ0n) is 12.9. The third-order valence-electron chi connectivity index (χ3n) is 3.74. The molecule has 0 aromatic heterocycles. The van der Waals surface area contributed by atoms with E-state index in [4.69, 9.17) is 9.47 Å². The summed E-state index contributed by atoms with van der Waals surface area (Å²) in [5.74, 6) is -0.899. The van der Waals surface area contributed by atoms with Gasteiger partial charge in [-0.15, -0.1) is 6.58 Å². The lowest BCUT2D eigenvalue weighted by Crippen LogP contribution is -2.40. The highest BCUT2D eigenvalue weighted by Gasteiger charge is 2.55. The van der Waals surface area contributed by atoms with Gasteiger partial charge in [0, 0.05) is 0 Å². The van der Waals surface area contributed by atoms with Crippen LogP contribution in [0.3, 0.4) is 0 Å². The summed E-state index contributed by atoms with van der Waals surface area (Å²) in [6.45, 7) is 11.4. The van der Waals surface area contributed by atoms with E-state index < -0.39 is 17.4 Å². The maximum absolute atomic E-state index is 12.4. The fourth-order valence-corrected chi connectivity index (χ4v) is 2.83. The number of carbonyl (C=O) groups is 2. The molecule has 1 rings (SSSR count). The van der Waals surface area contributed by atoms with Crippen molar-refractivity contribution < 1.29 is 19.1 Å². The van der Waals surface area contributed by atoms with Gasteiger partial charge in [0.15, 0.2) is 5.41 Å². The number of carbonyl (C=O) groups excluding carboxylic acids is 2. The fraction of sp³-hybridized carbons (Fsp3) is 0.529. The molecule has 0 spiro atoms. The molecule has 1 fully saturated rings. The number of hydrogen-bond donors (Lipinski definition) is 0. The molecule has 0 heterocycles. The van der Waals surface area contributed by atoms with Gasteiger partial charge >= 0.3 is 11.9 Å². The summed E-state index contributed by atoms with van der Waals surface area (Å²) in [4.78, 5) is 24.8. The predicted octanol–water partition coefficient (Wildman–Crippen LogP) is 3.20. The fourth-order valence-electron chi connectivity index (χ4n) is 2.83. The molecule has 0 aromatic rings. The van der Waals surface area contributed by atoms with Crippen molar-refractivity contribution in [1.82, 2.24) is 0 Å². The van der Waals surface area contributed by atoms with Gasteiger partial charge in [0.2, 0.25) is 0 Å². The van der Waals surface area contributed by atoms with Crippen LogP contribution in [-0.2, 0) is 19.1 Å². The molecule has 1 aliphatic carbocycles. The smallest absolute Gasteiger partial charge is 0.323 e. The molecule has 1 saturated carbocycles. The first-order chi connectivity index (χ1) is 10.1. The quantitative estimate of drug-likeness (QED) is 0.411. The van der Waals surface area contributed by atoms with E-state index >= 15 is 0 Å². The Morgan fingerprint density at radius 3 is 2.24 bits per heavy atom. The monoisotopic (exact) mass is 292 g/mol. The van der Waals surface area contributed by atoms with Crippen LogP contribution in [0.25, 0.3) is 0 Å². The third-order valence-corrected chi connectivity index (χ3v) is 3.74. The van der Waals surface area contributed by atoms with E-state index in [0.29, 0.717) is 19.3 Å². The number of hydrogen-bond acceptors (Lipinski definition) is 4. The molecule has 0 N–H and O–H groups in total. The van der Waals surface area contributed by atoms with Crippen molar-refractivity contribution >= 4 is 11.9 Å². The highest BCUT2D eigenvalue weighted by molar-refractivity contribution is 6.01. The minimum atomic E-state index is -1.23. The summed E-state index contributed by atoms with van der Waals surface area (Å²) in [5.41, 5.74) is -0.208. The molecule has 4 heteroatoms. The van der Waals surface area contributed by atoms with E-state index in [-0.39, 0.29) is 19.1 Å². The summed E-state index contributed by atoms with van der Waals surface area (Å²) >= 11 is 0. The van der Waals surface area contributed by atoms with Crippen LogP contribution >= 0.6 is 0 Å². The first kappa shape index (κ1) is 17.2. The number of allylic oxidation sites excluding steroid dienone is 4. The second-order valence-corrected chi connectivity index (χ2v) is 5.10. The average Bonchev–Trinajstić information content (AvgIpc) is 2.81. The molecule has 0 radical (unpaired) electrons. The van der Waals surface area contributed by atoms with Crippen molar-refractivity contribution in [3.05, 3.63) is 37.0 Å². The summed E-state index contributed by atoms with van der Waals surface area (Å²) in [6, 6.07) is 0. The van der Waals surface area contributed by atoms with Crippen LogP contribution in [0.15, 0.2) is 37.0 Å². The van der Waals surface area contributed by atoms with Crippen molar-refractivity contribution in [3.8, 4) is 0 Å². The van der Waals surface area contributed by atoms with E-state index in [9.17, 15) is 9.59 Å². The molecule has 0 saturated heterocycles. The van der Waals surface area contributed by atoms with Gasteiger partial charge in [-0.1, -0.05) is 30.4 Å². The zero-order valence-corrected chi connectivity index (χ0v) is 12.9.